The van der Waals surface area contributed by atoms with Crippen molar-refractivity contribution in [2.24, 2.45) is 0 Å². The van der Waals surface area contributed by atoms with E-state index >= 15 is 0 Å². The molecule has 0 aromatic rings. The van der Waals surface area contributed by atoms with Gasteiger partial charge in [0.05, 0.1) is 0 Å². The van der Waals surface area contributed by atoms with Gasteiger partial charge in [-0.3, -0.25) is 0 Å². The smallest absolute Gasteiger partial charge is 0.181 e. The topological polar surface area (TPSA) is 40.5 Å². The van der Waals surface area contributed by atoms with Crippen molar-refractivity contribution in [3.8, 4) is 0 Å². The van der Waals surface area contributed by atoms with E-state index in [1.165, 1.54) is 0 Å². The lowest BCUT2D eigenvalue weighted by molar-refractivity contribution is -0.128. The van der Waals surface area contributed by atoms with Crippen molar-refractivity contribution >= 4 is 11.8 Å². The van der Waals surface area contributed by atoms with Crippen molar-refractivity contribution in [3.63, 3.8) is 0 Å². The summed E-state index contributed by atoms with van der Waals surface area (Å²) < 4.78 is 0. The maximum absolute atomic E-state index is 8.45. The molecule has 1 fully saturated rings. The van der Waals surface area contributed by atoms with E-state index in [-0.39, 0.29) is 0 Å². The van der Waals surface area contributed by atoms with Crippen LogP contribution in [-0.4, -0.2) is 27.5 Å². The van der Waals surface area contributed by atoms with Gasteiger partial charge in [-0.1, -0.05) is 0 Å². The predicted octanol–water partition coefficient (Wildman–Crippen LogP) is -0.586. The third-order valence-electron chi connectivity index (χ3n) is 0.666. The maximum Gasteiger partial charge on any atom is 0.181 e. The fourth-order valence-electron chi connectivity index (χ4n) is 0.285. The van der Waals surface area contributed by atoms with Crippen molar-refractivity contribution in [1.82, 2.24) is 0 Å². The van der Waals surface area contributed by atoms with E-state index in [4.69, 9.17) is 10.2 Å². The molecule has 3 heteroatoms. The molecule has 0 saturated carbocycles. The molecule has 1 saturated heterocycles. The fraction of sp³-hybridized carbons (Fsp3) is 1.00. The van der Waals surface area contributed by atoms with Crippen molar-refractivity contribution in [2.75, 3.05) is 11.5 Å². The van der Waals surface area contributed by atoms with Crippen LogP contribution in [0, 0.1) is 0 Å². The first-order valence-corrected chi connectivity index (χ1v) is 2.89. The Kier molecular flexibility index (Phi) is 0.825. The number of hydrogen-bond donors (Lipinski definition) is 2. The molecule has 0 bridgehead atoms. The Morgan fingerprint density at radius 2 is 1.67 bits per heavy atom. The van der Waals surface area contributed by atoms with E-state index in [1.54, 1.807) is 11.8 Å². The Bertz CT molecular complexity index is 55.8. The molecule has 0 atom stereocenters. The van der Waals surface area contributed by atoms with Gasteiger partial charge in [-0.15, -0.1) is 0 Å². The van der Waals surface area contributed by atoms with Crippen molar-refractivity contribution < 1.29 is 10.2 Å². The SMILES string of the molecule is OC1(O)CSC1. The average molecular weight is 106 g/mol. The zero-order valence-electron chi connectivity index (χ0n) is 3.22. The highest BCUT2D eigenvalue weighted by molar-refractivity contribution is 8.00. The third-order valence-corrected chi connectivity index (χ3v) is 2.00. The quantitative estimate of drug-likeness (QED) is 0.406. The minimum atomic E-state index is -1.31. The first kappa shape index (κ1) is 4.43. The van der Waals surface area contributed by atoms with Gasteiger partial charge in [-0.25, -0.2) is 0 Å². The van der Waals surface area contributed by atoms with Gasteiger partial charge < -0.3 is 10.2 Å². The number of rotatable bonds is 0. The van der Waals surface area contributed by atoms with Gasteiger partial charge in [0.15, 0.2) is 5.79 Å². The molecule has 0 unspecified atom stereocenters. The monoisotopic (exact) mass is 106 g/mol. The molecule has 1 aliphatic rings. The van der Waals surface area contributed by atoms with E-state index in [1.807, 2.05) is 0 Å². The highest BCUT2D eigenvalue weighted by Gasteiger charge is 2.31. The summed E-state index contributed by atoms with van der Waals surface area (Å²) in [5, 5.41) is 16.9. The van der Waals surface area contributed by atoms with E-state index < -0.39 is 5.79 Å². The molecule has 0 aromatic carbocycles. The molecule has 0 radical (unpaired) electrons. The van der Waals surface area contributed by atoms with E-state index in [2.05, 4.69) is 0 Å². The van der Waals surface area contributed by atoms with Crippen LogP contribution in [0.25, 0.3) is 0 Å². The van der Waals surface area contributed by atoms with Gasteiger partial charge in [0.2, 0.25) is 0 Å². The molecule has 2 nitrogen and oxygen atoms in total. The Labute approximate surface area is 40.2 Å². The minimum absolute atomic E-state index is 0.479. The van der Waals surface area contributed by atoms with Crippen molar-refractivity contribution in [3.05, 3.63) is 0 Å². The molecule has 0 aliphatic carbocycles. The maximum atomic E-state index is 8.45. The second kappa shape index (κ2) is 1.12. The summed E-state index contributed by atoms with van der Waals surface area (Å²) in [5.74, 6) is -0.356. The van der Waals surface area contributed by atoms with Crippen molar-refractivity contribution in [1.29, 1.82) is 0 Å². The fourth-order valence-corrected chi connectivity index (χ4v) is 0.854. The van der Waals surface area contributed by atoms with E-state index in [0.29, 0.717) is 11.5 Å². The van der Waals surface area contributed by atoms with E-state index in [0.717, 1.165) is 0 Å². The number of aliphatic hydroxyl groups is 2. The summed E-state index contributed by atoms with van der Waals surface area (Å²) in [6.45, 7) is 0. The van der Waals surface area contributed by atoms with Crippen LogP contribution in [-0.2, 0) is 0 Å². The first-order valence-electron chi connectivity index (χ1n) is 1.73. The second-order valence-electron chi connectivity index (χ2n) is 1.48. The van der Waals surface area contributed by atoms with Crippen LogP contribution in [0.1, 0.15) is 0 Å². The third kappa shape index (κ3) is 0.668. The Morgan fingerprint density at radius 3 is 1.67 bits per heavy atom. The molecular weight excluding hydrogens is 100 g/mol. The Hall–Kier alpha value is 0.270. The lowest BCUT2D eigenvalue weighted by Crippen LogP contribution is -2.42. The van der Waals surface area contributed by atoms with Gasteiger partial charge in [0.25, 0.3) is 0 Å². The standard InChI is InChI=1S/C3H6O2S/c4-3(5)1-6-2-3/h4-5H,1-2H2. The van der Waals surface area contributed by atoms with Gasteiger partial charge >= 0.3 is 0 Å². The van der Waals surface area contributed by atoms with E-state index in [9.17, 15) is 0 Å². The minimum Gasteiger partial charge on any atom is -0.364 e. The van der Waals surface area contributed by atoms with Crippen LogP contribution >= 0.6 is 11.8 Å². The highest BCUT2D eigenvalue weighted by Crippen LogP contribution is 2.25. The zero-order valence-corrected chi connectivity index (χ0v) is 4.03. The lowest BCUT2D eigenvalue weighted by Gasteiger charge is -2.29. The molecule has 1 heterocycles. The average Bonchev–Trinajstić information content (AvgIpc) is 1.32. The number of hydrogen-bond acceptors (Lipinski definition) is 3. The largest absolute Gasteiger partial charge is 0.364 e. The number of thioether (sulfide) groups is 1. The lowest BCUT2D eigenvalue weighted by atomic mass is 10.4. The first-order chi connectivity index (χ1) is 2.71. The molecular formula is C3H6O2S. The molecule has 36 valence electrons. The molecule has 0 amide bonds. The molecule has 0 spiro atoms. The van der Waals surface area contributed by atoms with Gasteiger partial charge in [0.1, 0.15) is 0 Å². The Morgan fingerprint density at radius 1 is 1.33 bits per heavy atom. The molecule has 1 aliphatic heterocycles. The molecule has 1 rings (SSSR count). The molecule has 0 aromatic heterocycles. The summed E-state index contributed by atoms with van der Waals surface area (Å²) in [7, 11) is 0. The van der Waals surface area contributed by atoms with Gasteiger partial charge in [0, 0.05) is 11.5 Å². The summed E-state index contributed by atoms with van der Waals surface area (Å²) >= 11 is 1.54. The normalized spacial score (nSPS) is 29.0. The summed E-state index contributed by atoms with van der Waals surface area (Å²) in [4.78, 5) is 0. The van der Waals surface area contributed by atoms with Crippen LogP contribution < -0.4 is 0 Å². The highest BCUT2D eigenvalue weighted by atomic mass is 32.2. The van der Waals surface area contributed by atoms with Crippen LogP contribution in [0.15, 0.2) is 0 Å². The van der Waals surface area contributed by atoms with Gasteiger partial charge in [-0.2, -0.15) is 11.8 Å². The molecule has 6 heavy (non-hydrogen) atoms. The summed E-state index contributed by atoms with van der Waals surface area (Å²) in [6.07, 6.45) is 0. The zero-order chi connectivity index (χ0) is 4.62. The second-order valence-corrected chi connectivity index (χ2v) is 2.46. The summed E-state index contributed by atoms with van der Waals surface area (Å²) in [5.41, 5.74) is 0. The van der Waals surface area contributed by atoms with Gasteiger partial charge in [-0.05, 0) is 0 Å². The molecule has 2 N–H and O–H groups in total. The van der Waals surface area contributed by atoms with Crippen LogP contribution in [0.4, 0.5) is 0 Å². The predicted molar refractivity (Wildman–Crippen MR) is 24.5 cm³/mol. The van der Waals surface area contributed by atoms with Crippen LogP contribution in [0.3, 0.4) is 0 Å². The van der Waals surface area contributed by atoms with Crippen LogP contribution in [0.5, 0.6) is 0 Å². The van der Waals surface area contributed by atoms with Crippen LogP contribution in [0.2, 0.25) is 0 Å². The summed E-state index contributed by atoms with van der Waals surface area (Å²) in [6, 6.07) is 0. The van der Waals surface area contributed by atoms with Crippen molar-refractivity contribution in [2.45, 2.75) is 5.79 Å². The Balaban J connectivity index is 2.31.